The average molecular weight is 707 g/mol. The molecule has 0 saturated carbocycles. The smallest absolute Gasteiger partial charge is 0.0787 e. The van der Waals surface area contributed by atoms with Gasteiger partial charge in [-0.1, -0.05) is 0 Å². The molecule has 4 rings (SSSR count). The lowest BCUT2D eigenvalue weighted by Gasteiger charge is -2.38. The van der Waals surface area contributed by atoms with Crippen molar-refractivity contribution < 1.29 is 65.9 Å². The van der Waals surface area contributed by atoms with Crippen LogP contribution in [0.25, 0.3) is 0 Å². The molecule has 0 unspecified atom stereocenters. The van der Waals surface area contributed by atoms with E-state index in [-0.39, 0.29) is 48.0 Å². The van der Waals surface area contributed by atoms with E-state index < -0.39 is 0 Å². The minimum absolute atomic E-state index is 0. The third-order valence-corrected chi connectivity index (χ3v) is 10.0. The van der Waals surface area contributed by atoms with Gasteiger partial charge >= 0.3 is 0 Å². The zero-order chi connectivity index (χ0) is 23.3. The zero-order valence-electron chi connectivity index (χ0n) is 23.8. The molecule has 4 heterocycles. The van der Waals surface area contributed by atoms with E-state index in [0.29, 0.717) is 0 Å². The molecule has 0 radical (unpaired) electrons. The molecule has 4 aliphatic heterocycles. The first-order valence-electron chi connectivity index (χ1n) is 14.3. The van der Waals surface area contributed by atoms with Crippen molar-refractivity contribution >= 4 is 0 Å². The molecule has 0 amide bonds. The fourth-order valence-electron chi connectivity index (χ4n) is 6.85. The van der Waals surface area contributed by atoms with E-state index in [4.69, 9.17) is 0 Å². The Bertz CT molecular complexity index is 499. The van der Waals surface area contributed by atoms with Crippen LogP contribution < -0.4 is 48.0 Å². The van der Waals surface area contributed by atoms with Crippen LogP contribution in [0.3, 0.4) is 0 Å². The summed E-state index contributed by atoms with van der Waals surface area (Å²) >= 11 is 0. The highest BCUT2D eigenvalue weighted by Gasteiger charge is 2.32. The summed E-state index contributed by atoms with van der Waals surface area (Å²) in [5.74, 6) is 2.06. The van der Waals surface area contributed by atoms with E-state index in [2.05, 4.69) is 42.3 Å². The van der Waals surface area contributed by atoms with E-state index in [9.17, 15) is 0 Å². The summed E-state index contributed by atoms with van der Waals surface area (Å²) in [4.78, 5) is 0. The van der Waals surface area contributed by atoms with Crippen LogP contribution in [0, 0.1) is 11.8 Å². The van der Waals surface area contributed by atoms with Gasteiger partial charge in [0.1, 0.15) is 0 Å². The second kappa shape index (κ2) is 14.5. The van der Waals surface area contributed by atoms with Crippen LogP contribution in [-0.4, -0.2) is 126 Å². The molecule has 204 valence electrons. The van der Waals surface area contributed by atoms with E-state index in [1.54, 1.807) is 0 Å². The molecule has 0 aromatic rings. The lowest BCUT2D eigenvalue weighted by Crippen LogP contribution is -3.00. The number of halogens is 2. The summed E-state index contributed by atoms with van der Waals surface area (Å²) in [6.45, 7) is 14.2. The Morgan fingerprint density at radius 2 is 0.706 bits per heavy atom. The summed E-state index contributed by atoms with van der Waals surface area (Å²) in [5.41, 5.74) is 0. The monoisotopic (exact) mass is 706 g/mol. The number of rotatable bonds is 6. The molecule has 0 spiro atoms. The van der Waals surface area contributed by atoms with Gasteiger partial charge in [-0.3, -0.25) is 0 Å². The molecule has 0 atom stereocenters. The normalized spacial score (nSPS) is 27.7. The summed E-state index contributed by atoms with van der Waals surface area (Å²) < 4.78 is 5.24. The van der Waals surface area contributed by atoms with Crippen molar-refractivity contribution in [2.45, 2.75) is 64.2 Å². The lowest BCUT2D eigenvalue weighted by atomic mass is 9.92. The van der Waals surface area contributed by atoms with Crippen molar-refractivity contribution in [3.63, 3.8) is 0 Å². The Morgan fingerprint density at radius 3 is 0.971 bits per heavy atom. The number of quaternary nitrogens is 4. The Balaban J connectivity index is 0.000000321. The molecular formula is C28H60I2N4+2. The number of nitrogens with zero attached hydrogens (tertiary/aromatic N) is 4. The van der Waals surface area contributed by atoms with Crippen molar-refractivity contribution in [1.82, 2.24) is 0 Å². The largest absolute Gasteiger partial charge is 1.00 e. The second-order valence-electron chi connectivity index (χ2n) is 14.2. The molecule has 0 aromatic heterocycles. The first kappa shape index (κ1) is 33.3. The topological polar surface area (TPSA) is 0 Å². The zero-order valence-corrected chi connectivity index (χ0v) is 28.2. The third-order valence-electron chi connectivity index (χ3n) is 10.0. The van der Waals surface area contributed by atoms with Gasteiger partial charge in [-0.05, 0) is 50.4 Å². The quantitative estimate of drug-likeness (QED) is 0.227. The van der Waals surface area contributed by atoms with Gasteiger partial charge in [-0.25, -0.2) is 0 Å². The average Bonchev–Trinajstić information content (AvgIpc) is 3.36. The van der Waals surface area contributed by atoms with Crippen molar-refractivity contribution in [1.29, 1.82) is 0 Å². The number of likely N-dealkylation sites (tertiary alicyclic amines) is 4. The fraction of sp³-hybridized carbons (Fsp3) is 1.00. The summed E-state index contributed by atoms with van der Waals surface area (Å²) in [7, 11) is 14.5. The van der Waals surface area contributed by atoms with Crippen LogP contribution in [0.5, 0.6) is 0 Å². The Morgan fingerprint density at radius 1 is 0.441 bits per heavy atom. The van der Waals surface area contributed by atoms with E-state index in [0.717, 1.165) is 11.8 Å². The summed E-state index contributed by atoms with van der Waals surface area (Å²) in [6, 6.07) is 0. The van der Waals surface area contributed by atoms with E-state index in [1.807, 2.05) is 0 Å². The maximum atomic E-state index is 2.47. The first-order chi connectivity index (χ1) is 15.0. The number of hydrogen-bond donors (Lipinski definition) is 0. The number of hydrogen-bond acceptors (Lipinski definition) is 0. The van der Waals surface area contributed by atoms with Gasteiger partial charge in [0.25, 0.3) is 0 Å². The van der Waals surface area contributed by atoms with Gasteiger partial charge in [0, 0.05) is 25.7 Å². The first-order valence-corrected chi connectivity index (χ1v) is 14.3. The molecule has 4 nitrogen and oxygen atoms in total. The minimum atomic E-state index is 0. The predicted molar refractivity (Wildman–Crippen MR) is 138 cm³/mol. The van der Waals surface area contributed by atoms with Crippen LogP contribution in [0.2, 0.25) is 0 Å². The third kappa shape index (κ3) is 11.4. The SMILES string of the molecule is C[N+]1(C)CCC(CC[N+]2(C)CCCC2)CC1.C[N+]1(C)CCC(CC[N+]2(C)CCCC2)CC1.[I-].[I-]. The highest BCUT2D eigenvalue weighted by molar-refractivity contribution is 4.66. The van der Waals surface area contributed by atoms with Crippen molar-refractivity contribution in [3.05, 3.63) is 0 Å². The molecule has 0 aromatic carbocycles. The highest BCUT2D eigenvalue weighted by Crippen LogP contribution is 2.27. The maximum absolute atomic E-state index is 2.47. The van der Waals surface area contributed by atoms with E-state index in [1.165, 1.54) is 148 Å². The molecule has 34 heavy (non-hydrogen) atoms. The predicted octanol–water partition coefficient (Wildman–Crippen LogP) is -1.79. The standard InChI is InChI=1S/2C14H30N2.2HI/c2*1-15(2)11-6-14(7-12-15)8-13-16(3)9-4-5-10-16;;/h2*14H,4-13H2,1-3H3;2*1H/q2*+2;;/p-2. The molecule has 4 aliphatic rings. The maximum Gasteiger partial charge on any atom is 0.0787 e. The van der Waals surface area contributed by atoms with Crippen LogP contribution >= 0.6 is 0 Å². The summed E-state index contributed by atoms with van der Waals surface area (Å²) in [5, 5.41) is 0. The minimum Gasteiger partial charge on any atom is -1.00 e. The fourth-order valence-corrected chi connectivity index (χ4v) is 6.85. The molecule has 0 N–H and O–H groups in total. The Labute approximate surface area is 248 Å². The van der Waals surface area contributed by atoms with Gasteiger partial charge in [0.2, 0.25) is 0 Å². The molecule has 6 heteroatoms. The van der Waals surface area contributed by atoms with Gasteiger partial charge < -0.3 is 65.9 Å². The molecule has 4 saturated heterocycles. The Hall–Kier alpha value is 1.30. The van der Waals surface area contributed by atoms with E-state index >= 15 is 0 Å². The van der Waals surface area contributed by atoms with Crippen molar-refractivity contribution in [2.75, 3.05) is 108 Å². The molecular weight excluding hydrogens is 646 g/mol. The summed E-state index contributed by atoms with van der Waals surface area (Å²) in [6.07, 6.45) is 14.7. The van der Waals surface area contributed by atoms with Crippen LogP contribution in [0.15, 0.2) is 0 Å². The Kier molecular flexibility index (Phi) is 14.2. The number of piperidine rings is 2. The van der Waals surface area contributed by atoms with Gasteiger partial charge in [0.15, 0.2) is 0 Å². The van der Waals surface area contributed by atoms with Gasteiger partial charge in [0.05, 0.1) is 108 Å². The second-order valence-corrected chi connectivity index (χ2v) is 14.2. The van der Waals surface area contributed by atoms with Crippen LogP contribution in [0.1, 0.15) is 64.2 Å². The van der Waals surface area contributed by atoms with Gasteiger partial charge in [-0.15, -0.1) is 0 Å². The molecule has 0 bridgehead atoms. The van der Waals surface area contributed by atoms with Crippen LogP contribution in [0.4, 0.5) is 0 Å². The molecule has 4 fully saturated rings. The molecule has 0 aliphatic carbocycles. The van der Waals surface area contributed by atoms with Crippen molar-refractivity contribution in [2.24, 2.45) is 11.8 Å². The highest BCUT2D eigenvalue weighted by atomic mass is 127. The van der Waals surface area contributed by atoms with Crippen molar-refractivity contribution in [3.8, 4) is 0 Å². The van der Waals surface area contributed by atoms with Crippen LogP contribution in [-0.2, 0) is 0 Å². The van der Waals surface area contributed by atoms with Gasteiger partial charge in [-0.2, -0.15) is 0 Å². The lowest BCUT2D eigenvalue weighted by molar-refractivity contribution is -0.902.